The Labute approximate surface area is 112 Å². The molecule has 0 bridgehead atoms. The Balaban J connectivity index is 3.76. The fraction of sp³-hybridized carbons (Fsp3) is 1.00. The van der Waals surface area contributed by atoms with E-state index in [1.54, 1.807) is 0 Å². The summed E-state index contributed by atoms with van der Waals surface area (Å²) in [5, 5.41) is 0. The molecule has 0 saturated carbocycles. The molecule has 0 rings (SSSR count). The minimum absolute atomic E-state index is 0.292. The first kappa shape index (κ1) is 17.4. The van der Waals surface area contributed by atoms with E-state index >= 15 is 0 Å². The summed E-state index contributed by atoms with van der Waals surface area (Å²) < 4.78 is 0. The largest absolute Gasteiger partial charge is 0.101 e. The fourth-order valence-electron chi connectivity index (χ4n) is 2.42. The molecule has 1 heteroatoms. The summed E-state index contributed by atoms with van der Waals surface area (Å²) in [5.74, 6) is 0. The monoisotopic (exact) mass is 258 g/mol. The minimum Gasteiger partial charge on any atom is -0.101 e. The van der Waals surface area contributed by atoms with Crippen molar-refractivity contribution in [3.8, 4) is 0 Å². The molecule has 0 nitrogen and oxygen atoms in total. The highest BCUT2D eigenvalue weighted by Gasteiger charge is 2.19. The average Bonchev–Trinajstić information content (AvgIpc) is 2.36. The maximum absolute atomic E-state index is 2.48. The Hall–Kier alpha value is 0.430. The highest BCUT2D eigenvalue weighted by molar-refractivity contribution is 7.59. The van der Waals surface area contributed by atoms with Crippen LogP contribution in [0.4, 0.5) is 0 Å². The second kappa shape index (κ2) is 11.5. The van der Waals surface area contributed by atoms with Gasteiger partial charge in [-0.2, -0.15) is 0 Å². The maximum Gasteiger partial charge on any atom is -0.0238 e. The van der Waals surface area contributed by atoms with Crippen molar-refractivity contribution in [2.75, 3.05) is 6.16 Å². The van der Waals surface area contributed by atoms with Gasteiger partial charge in [-0.05, 0) is 36.7 Å². The quantitative estimate of drug-likeness (QED) is 0.296. The van der Waals surface area contributed by atoms with Gasteiger partial charge in [-0.1, -0.05) is 66.7 Å². The molecule has 0 aliphatic rings. The molecule has 0 spiro atoms. The van der Waals surface area contributed by atoms with E-state index in [1.807, 2.05) is 0 Å². The maximum atomic E-state index is 2.48. The number of rotatable bonds is 11. The molecule has 0 aromatic carbocycles. The van der Waals surface area contributed by atoms with E-state index in [4.69, 9.17) is 0 Å². The summed E-state index contributed by atoms with van der Waals surface area (Å²) in [6.07, 6.45) is 13.0. The first-order valence-corrected chi connectivity index (χ1v) is 9.59. The molecule has 0 radical (unpaired) electrons. The summed E-state index contributed by atoms with van der Waals surface area (Å²) in [7, 11) is 0.292. The standard InChI is InChI=1S/C16H35P/c1-6-9-10-11-12-13-14-17(15(4)7-2)16(5)8-3/h15-16H,6-14H2,1-5H3. The average molecular weight is 258 g/mol. The van der Waals surface area contributed by atoms with Gasteiger partial charge in [-0.25, -0.2) is 0 Å². The van der Waals surface area contributed by atoms with Crippen LogP contribution in [0.25, 0.3) is 0 Å². The van der Waals surface area contributed by atoms with Crippen molar-refractivity contribution in [1.29, 1.82) is 0 Å². The Bertz CT molecular complexity index is 146. The Kier molecular flexibility index (Phi) is 11.8. The van der Waals surface area contributed by atoms with Crippen molar-refractivity contribution in [2.45, 2.75) is 97.3 Å². The van der Waals surface area contributed by atoms with E-state index in [1.165, 1.54) is 57.5 Å². The third kappa shape index (κ3) is 8.20. The molecule has 0 aliphatic heterocycles. The van der Waals surface area contributed by atoms with E-state index in [0.29, 0.717) is 7.92 Å². The summed E-state index contributed by atoms with van der Waals surface area (Å²) in [4.78, 5) is 0. The van der Waals surface area contributed by atoms with Gasteiger partial charge in [0.1, 0.15) is 0 Å². The van der Waals surface area contributed by atoms with Crippen LogP contribution in [0.3, 0.4) is 0 Å². The summed E-state index contributed by atoms with van der Waals surface area (Å²) >= 11 is 0. The SMILES string of the molecule is CCCCCCCCP(C(C)CC)C(C)CC. The zero-order valence-corrected chi connectivity index (χ0v) is 13.9. The minimum atomic E-state index is 0.292. The van der Waals surface area contributed by atoms with Gasteiger partial charge >= 0.3 is 0 Å². The van der Waals surface area contributed by atoms with Crippen molar-refractivity contribution in [2.24, 2.45) is 0 Å². The normalized spacial score (nSPS) is 16.8. The van der Waals surface area contributed by atoms with Crippen LogP contribution in [0.5, 0.6) is 0 Å². The third-order valence-corrected chi connectivity index (χ3v) is 7.91. The van der Waals surface area contributed by atoms with E-state index < -0.39 is 0 Å². The lowest BCUT2D eigenvalue weighted by Gasteiger charge is -2.29. The Morgan fingerprint density at radius 2 is 1.18 bits per heavy atom. The van der Waals surface area contributed by atoms with Crippen molar-refractivity contribution in [3.63, 3.8) is 0 Å². The lowest BCUT2D eigenvalue weighted by Crippen LogP contribution is -2.11. The predicted molar refractivity (Wildman–Crippen MR) is 84.7 cm³/mol. The summed E-state index contributed by atoms with van der Waals surface area (Å²) in [5.41, 5.74) is 1.96. The molecule has 0 aliphatic carbocycles. The molecule has 0 N–H and O–H groups in total. The van der Waals surface area contributed by atoms with Crippen molar-refractivity contribution < 1.29 is 0 Å². The number of hydrogen-bond acceptors (Lipinski definition) is 0. The third-order valence-electron chi connectivity index (χ3n) is 4.08. The van der Waals surface area contributed by atoms with Gasteiger partial charge in [0.05, 0.1) is 0 Å². The molecule has 0 saturated heterocycles. The van der Waals surface area contributed by atoms with E-state index in [2.05, 4.69) is 34.6 Å². The first-order valence-electron chi connectivity index (χ1n) is 7.93. The van der Waals surface area contributed by atoms with E-state index in [-0.39, 0.29) is 0 Å². The molecule has 2 unspecified atom stereocenters. The van der Waals surface area contributed by atoms with Gasteiger partial charge in [0.2, 0.25) is 0 Å². The molecule has 0 aromatic heterocycles. The molecular weight excluding hydrogens is 223 g/mol. The first-order chi connectivity index (χ1) is 8.17. The van der Waals surface area contributed by atoms with Crippen LogP contribution in [0.2, 0.25) is 0 Å². The number of hydrogen-bond donors (Lipinski definition) is 0. The second-order valence-electron chi connectivity index (χ2n) is 5.52. The van der Waals surface area contributed by atoms with Gasteiger partial charge in [0.15, 0.2) is 0 Å². The lowest BCUT2D eigenvalue weighted by atomic mass is 10.1. The predicted octanol–water partition coefficient (Wildman–Crippen LogP) is 6.43. The molecule has 0 aromatic rings. The van der Waals surface area contributed by atoms with Crippen molar-refractivity contribution in [3.05, 3.63) is 0 Å². The van der Waals surface area contributed by atoms with Gasteiger partial charge in [0.25, 0.3) is 0 Å². The van der Waals surface area contributed by atoms with Crippen molar-refractivity contribution >= 4 is 7.92 Å². The van der Waals surface area contributed by atoms with Crippen LogP contribution >= 0.6 is 7.92 Å². The highest BCUT2D eigenvalue weighted by atomic mass is 31.1. The Morgan fingerprint density at radius 3 is 1.65 bits per heavy atom. The molecule has 17 heavy (non-hydrogen) atoms. The molecule has 0 heterocycles. The van der Waals surface area contributed by atoms with Gasteiger partial charge in [-0.15, -0.1) is 7.92 Å². The van der Waals surface area contributed by atoms with Crippen LogP contribution in [0, 0.1) is 0 Å². The molecular formula is C16H35P. The van der Waals surface area contributed by atoms with E-state index in [9.17, 15) is 0 Å². The molecule has 0 amide bonds. The topological polar surface area (TPSA) is 0 Å². The molecule has 2 atom stereocenters. The van der Waals surface area contributed by atoms with Crippen LogP contribution in [0.1, 0.15) is 86.0 Å². The second-order valence-corrected chi connectivity index (χ2v) is 8.76. The Morgan fingerprint density at radius 1 is 0.706 bits per heavy atom. The zero-order chi connectivity index (χ0) is 13.1. The van der Waals surface area contributed by atoms with E-state index in [0.717, 1.165) is 11.3 Å². The highest BCUT2D eigenvalue weighted by Crippen LogP contribution is 2.49. The summed E-state index contributed by atoms with van der Waals surface area (Å²) in [6, 6.07) is 0. The zero-order valence-electron chi connectivity index (χ0n) is 13.0. The van der Waals surface area contributed by atoms with Crippen LogP contribution in [-0.2, 0) is 0 Å². The van der Waals surface area contributed by atoms with Gasteiger partial charge in [-0.3, -0.25) is 0 Å². The van der Waals surface area contributed by atoms with Crippen LogP contribution in [0.15, 0.2) is 0 Å². The van der Waals surface area contributed by atoms with Gasteiger partial charge < -0.3 is 0 Å². The number of unbranched alkanes of at least 4 members (excludes halogenated alkanes) is 5. The summed E-state index contributed by atoms with van der Waals surface area (Å²) in [6.45, 7) is 12.0. The van der Waals surface area contributed by atoms with Gasteiger partial charge in [0, 0.05) is 0 Å². The van der Waals surface area contributed by atoms with Crippen LogP contribution < -0.4 is 0 Å². The lowest BCUT2D eigenvalue weighted by molar-refractivity contribution is 0.624. The van der Waals surface area contributed by atoms with Crippen molar-refractivity contribution in [1.82, 2.24) is 0 Å². The molecule has 0 fully saturated rings. The smallest absolute Gasteiger partial charge is 0.0238 e. The molecule has 104 valence electrons. The van der Waals surface area contributed by atoms with Crippen LogP contribution in [-0.4, -0.2) is 17.5 Å². The fourth-order valence-corrected chi connectivity index (χ4v) is 5.70.